The van der Waals surface area contributed by atoms with Crippen LogP contribution in [0.4, 0.5) is 0 Å². The van der Waals surface area contributed by atoms with E-state index < -0.39 is 0 Å². The van der Waals surface area contributed by atoms with Crippen LogP contribution in [0.5, 0.6) is 0 Å². The molecule has 0 aliphatic carbocycles. The van der Waals surface area contributed by atoms with Crippen LogP contribution in [0.2, 0.25) is 0 Å². The predicted octanol–water partition coefficient (Wildman–Crippen LogP) is 2.56. The van der Waals surface area contributed by atoms with E-state index in [0.717, 1.165) is 25.2 Å². The van der Waals surface area contributed by atoms with Crippen molar-refractivity contribution in [3.8, 4) is 0 Å². The van der Waals surface area contributed by atoms with Gasteiger partial charge in [0.1, 0.15) is 0 Å². The Kier molecular flexibility index (Phi) is 7.89. The van der Waals surface area contributed by atoms with E-state index in [-0.39, 0.29) is 30.5 Å². The van der Waals surface area contributed by atoms with Crippen LogP contribution >= 0.6 is 0 Å². The number of furan rings is 1. The van der Waals surface area contributed by atoms with Crippen LogP contribution in [0.25, 0.3) is 0 Å². The molecule has 26 heavy (non-hydrogen) atoms. The first-order valence-electron chi connectivity index (χ1n) is 9.01. The average Bonchev–Trinajstić information content (AvgIpc) is 3.20. The molecule has 6 nitrogen and oxygen atoms in total. The maximum Gasteiger partial charge on any atom is 0.286 e. The zero-order valence-corrected chi connectivity index (χ0v) is 15.5. The van der Waals surface area contributed by atoms with E-state index in [1.54, 1.807) is 12.1 Å². The van der Waals surface area contributed by atoms with Crippen LogP contribution in [0.3, 0.4) is 0 Å². The number of rotatable bonds is 10. The molecule has 1 aromatic heterocycles. The molecule has 0 aliphatic heterocycles. The third-order valence-corrected chi connectivity index (χ3v) is 4.27. The summed E-state index contributed by atoms with van der Waals surface area (Å²) in [4.78, 5) is 26.1. The summed E-state index contributed by atoms with van der Waals surface area (Å²) in [6.07, 6.45) is 1.67. The topological polar surface area (TPSA) is 74.6 Å². The highest BCUT2D eigenvalue weighted by atomic mass is 16.3. The Hall–Kier alpha value is -2.60. The molecule has 2 amide bonds. The number of nitrogens with zero attached hydrogens (tertiary/aromatic N) is 1. The molecule has 2 N–H and O–H groups in total. The lowest BCUT2D eigenvalue weighted by Crippen LogP contribution is -2.30. The van der Waals surface area contributed by atoms with Gasteiger partial charge in [0.25, 0.3) is 5.91 Å². The van der Waals surface area contributed by atoms with E-state index in [1.165, 1.54) is 11.8 Å². The Morgan fingerprint density at radius 2 is 1.73 bits per heavy atom. The Labute approximate surface area is 154 Å². The van der Waals surface area contributed by atoms with E-state index in [9.17, 15) is 9.59 Å². The number of amides is 2. The van der Waals surface area contributed by atoms with E-state index in [1.807, 2.05) is 18.2 Å². The summed E-state index contributed by atoms with van der Waals surface area (Å²) in [6.45, 7) is 7.90. The first-order valence-corrected chi connectivity index (χ1v) is 9.01. The molecule has 0 bridgehead atoms. The molecule has 0 saturated carbocycles. The van der Waals surface area contributed by atoms with Gasteiger partial charge in [-0.3, -0.25) is 14.5 Å². The summed E-state index contributed by atoms with van der Waals surface area (Å²) in [5, 5.41) is 5.59. The normalized spacial score (nSPS) is 10.7. The lowest BCUT2D eigenvalue weighted by Gasteiger charge is -2.20. The summed E-state index contributed by atoms with van der Waals surface area (Å²) in [7, 11) is 0. The Bertz CT molecular complexity index is 694. The molecule has 6 heteroatoms. The maximum atomic E-state index is 12.0. The summed E-state index contributed by atoms with van der Waals surface area (Å²) in [5.74, 6) is -0.162. The summed E-state index contributed by atoms with van der Waals surface area (Å²) in [5.41, 5.74) is 2.34. The molecule has 0 atom stereocenters. The Morgan fingerprint density at radius 1 is 1.00 bits per heavy atom. The van der Waals surface area contributed by atoms with Gasteiger partial charge in [0.05, 0.1) is 6.26 Å². The minimum Gasteiger partial charge on any atom is -0.459 e. The van der Waals surface area contributed by atoms with Crippen LogP contribution in [-0.2, 0) is 17.9 Å². The van der Waals surface area contributed by atoms with Crippen molar-refractivity contribution in [3.63, 3.8) is 0 Å². The van der Waals surface area contributed by atoms with Crippen LogP contribution in [-0.4, -0.2) is 36.3 Å². The van der Waals surface area contributed by atoms with Gasteiger partial charge in [0.2, 0.25) is 5.91 Å². The summed E-state index contributed by atoms with van der Waals surface area (Å²) >= 11 is 0. The lowest BCUT2D eigenvalue weighted by atomic mass is 10.1. The highest BCUT2D eigenvalue weighted by molar-refractivity contribution is 5.91. The first kappa shape index (κ1) is 19.7. The van der Waals surface area contributed by atoms with Gasteiger partial charge in [-0.2, -0.15) is 0 Å². The number of hydrogen-bond donors (Lipinski definition) is 2. The van der Waals surface area contributed by atoms with Gasteiger partial charge in [-0.25, -0.2) is 0 Å². The zero-order valence-electron chi connectivity index (χ0n) is 15.5. The van der Waals surface area contributed by atoms with Gasteiger partial charge in [-0.15, -0.1) is 0 Å². The quantitative estimate of drug-likeness (QED) is 0.685. The summed E-state index contributed by atoms with van der Waals surface area (Å²) in [6, 6.07) is 11.4. The van der Waals surface area contributed by atoms with Crippen LogP contribution in [0.1, 0.15) is 41.9 Å². The minimum atomic E-state index is -0.313. The fraction of sp³-hybridized carbons (Fsp3) is 0.400. The van der Waals surface area contributed by atoms with Gasteiger partial charge in [-0.05, 0) is 36.3 Å². The second-order valence-corrected chi connectivity index (χ2v) is 5.99. The predicted molar refractivity (Wildman–Crippen MR) is 101 cm³/mol. The van der Waals surface area contributed by atoms with E-state index in [0.29, 0.717) is 6.54 Å². The average molecular weight is 357 g/mol. The third kappa shape index (κ3) is 6.04. The van der Waals surface area contributed by atoms with Gasteiger partial charge in [0.15, 0.2) is 5.76 Å². The van der Waals surface area contributed by atoms with Crippen molar-refractivity contribution in [1.82, 2.24) is 15.5 Å². The Balaban J connectivity index is 1.77. The van der Waals surface area contributed by atoms with E-state index >= 15 is 0 Å². The molecule has 1 heterocycles. The number of hydrogen-bond acceptors (Lipinski definition) is 4. The van der Waals surface area contributed by atoms with Crippen LogP contribution < -0.4 is 10.6 Å². The molecular formula is C20H27N3O3. The number of carbonyl (C=O) groups excluding carboxylic acids is 2. The van der Waals surface area contributed by atoms with Gasteiger partial charge in [0, 0.05) is 26.1 Å². The van der Waals surface area contributed by atoms with Crippen molar-refractivity contribution in [2.75, 3.05) is 19.6 Å². The summed E-state index contributed by atoms with van der Waals surface area (Å²) < 4.78 is 5.00. The molecule has 0 aliphatic rings. The molecule has 2 aromatic rings. The smallest absolute Gasteiger partial charge is 0.286 e. The molecule has 2 rings (SSSR count). The zero-order chi connectivity index (χ0) is 18.8. The molecule has 0 saturated heterocycles. The van der Waals surface area contributed by atoms with Crippen molar-refractivity contribution in [1.29, 1.82) is 0 Å². The monoisotopic (exact) mass is 357 g/mol. The Morgan fingerprint density at radius 3 is 2.38 bits per heavy atom. The van der Waals surface area contributed by atoms with Crippen molar-refractivity contribution in [2.45, 2.75) is 33.4 Å². The molecule has 0 fully saturated rings. The molecule has 1 aromatic carbocycles. The van der Waals surface area contributed by atoms with Gasteiger partial charge in [-0.1, -0.05) is 38.1 Å². The van der Waals surface area contributed by atoms with Crippen molar-refractivity contribution >= 4 is 11.8 Å². The van der Waals surface area contributed by atoms with Crippen molar-refractivity contribution < 1.29 is 14.0 Å². The highest BCUT2D eigenvalue weighted by Gasteiger charge is 2.10. The highest BCUT2D eigenvalue weighted by Crippen LogP contribution is 2.11. The lowest BCUT2D eigenvalue weighted by molar-refractivity contribution is -0.121. The second-order valence-electron chi connectivity index (χ2n) is 5.99. The second kappa shape index (κ2) is 10.4. The minimum absolute atomic E-state index is 0.0950. The largest absolute Gasteiger partial charge is 0.459 e. The number of carbonyl (C=O) groups is 2. The fourth-order valence-electron chi connectivity index (χ4n) is 2.64. The van der Waals surface area contributed by atoms with Gasteiger partial charge >= 0.3 is 0 Å². The first-order chi connectivity index (χ1) is 12.6. The van der Waals surface area contributed by atoms with Crippen LogP contribution in [0.15, 0.2) is 47.1 Å². The third-order valence-electron chi connectivity index (χ3n) is 4.27. The fourth-order valence-corrected chi connectivity index (χ4v) is 2.64. The van der Waals surface area contributed by atoms with E-state index in [2.05, 4.69) is 35.4 Å². The molecule has 0 spiro atoms. The maximum absolute atomic E-state index is 12.0. The van der Waals surface area contributed by atoms with Crippen molar-refractivity contribution in [3.05, 3.63) is 59.5 Å². The van der Waals surface area contributed by atoms with Crippen LogP contribution in [0, 0.1) is 0 Å². The standard InChI is InChI=1S/C20H27N3O3/c1-3-23(4-2)15-17-9-6-5-8-16(17)14-22-19(24)11-12-21-20(25)18-10-7-13-26-18/h5-10,13H,3-4,11-12,14-15H2,1-2H3,(H,21,25)(H,22,24). The van der Waals surface area contributed by atoms with Crippen molar-refractivity contribution in [2.24, 2.45) is 0 Å². The molecule has 140 valence electrons. The van der Waals surface area contributed by atoms with Gasteiger partial charge < -0.3 is 15.1 Å². The SMILES string of the molecule is CCN(CC)Cc1ccccc1CNC(=O)CCNC(=O)c1ccco1. The molecule has 0 unspecified atom stereocenters. The van der Waals surface area contributed by atoms with E-state index in [4.69, 9.17) is 4.42 Å². The number of benzene rings is 1. The number of nitrogens with one attached hydrogen (secondary N) is 2. The molecular weight excluding hydrogens is 330 g/mol. The molecule has 0 radical (unpaired) electrons.